The third-order valence-electron chi connectivity index (χ3n) is 3.12. The Balaban J connectivity index is 2.16. The average Bonchev–Trinajstić information content (AvgIpc) is 2.51. The highest BCUT2D eigenvalue weighted by molar-refractivity contribution is 5.93. The van der Waals surface area contributed by atoms with Crippen LogP contribution in [0.4, 0.5) is 0 Å². The number of nitrogens with one attached hydrogen (secondary N) is 2. The smallest absolute Gasteiger partial charge is 0.346 e. The number of aromatic amines is 1. The lowest BCUT2D eigenvalue weighted by molar-refractivity contribution is 0.0947. The summed E-state index contributed by atoms with van der Waals surface area (Å²) in [5, 5.41) is 2.80. The summed E-state index contributed by atoms with van der Waals surface area (Å²) >= 11 is 0. The predicted octanol–water partition coefficient (Wildman–Crippen LogP) is 2.36. The standard InChI is InChI=1S/C16H19N3O2/c1-2-3-7-10-17-15(20)14-11-13(18-16(21)19-14)12-8-5-4-6-9-12/h4-6,8-9,11H,2-3,7,10H2,1H3,(H,17,20)(H,18,19,21). The molecule has 0 spiro atoms. The highest BCUT2D eigenvalue weighted by Gasteiger charge is 2.09. The molecule has 0 aliphatic heterocycles. The minimum Gasteiger partial charge on any atom is -0.351 e. The van der Waals surface area contributed by atoms with Gasteiger partial charge < -0.3 is 10.3 Å². The quantitative estimate of drug-likeness (QED) is 0.800. The molecule has 0 aliphatic rings. The number of amides is 1. The molecule has 5 heteroatoms. The maximum atomic E-state index is 12.0. The molecule has 2 rings (SSSR count). The van der Waals surface area contributed by atoms with Crippen LogP contribution >= 0.6 is 0 Å². The average molecular weight is 285 g/mol. The van der Waals surface area contributed by atoms with E-state index >= 15 is 0 Å². The Kier molecular flexibility index (Phi) is 5.26. The predicted molar refractivity (Wildman–Crippen MR) is 82.2 cm³/mol. The van der Waals surface area contributed by atoms with Crippen LogP contribution in [0.2, 0.25) is 0 Å². The van der Waals surface area contributed by atoms with E-state index in [0.717, 1.165) is 24.8 Å². The van der Waals surface area contributed by atoms with E-state index in [0.29, 0.717) is 12.2 Å². The highest BCUT2D eigenvalue weighted by atomic mass is 16.2. The van der Waals surface area contributed by atoms with Crippen molar-refractivity contribution >= 4 is 5.91 Å². The molecular formula is C16H19N3O2. The van der Waals surface area contributed by atoms with Gasteiger partial charge in [-0.1, -0.05) is 50.1 Å². The lowest BCUT2D eigenvalue weighted by Gasteiger charge is -2.06. The van der Waals surface area contributed by atoms with Gasteiger partial charge in [0.2, 0.25) is 0 Å². The van der Waals surface area contributed by atoms with Crippen LogP contribution in [0.25, 0.3) is 11.3 Å². The van der Waals surface area contributed by atoms with E-state index in [9.17, 15) is 9.59 Å². The molecule has 0 atom stereocenters. The number of aromatic nitrogens is 2. The third-order valence-corrected chi connectivity index (χ3v) is 3.12. The number of unbranched alkanes of at least 4 members (excludes halogenated alkanes) is 2. The van der Waals surface area contributed by atoms with Crippen LogP contribution in [0.15, 0.2) is 41.2 Å². The molecule has 1 aromatic heterocycles. The molecular weight excluding hydrogens is 266 g/mol. The lowest BCUT2D eigenvalue weighted by Crippen LogP contribution is -2.28. The van der Waals surface area contributed by atoms with Crippen molar-refractivity contribution in [1.29, 1.82) is 0 Å². The first-order chi connectivity index (χ1) is 10.2. The summed E-state index contributed by atoms with van der Waals surface area (Å²) in [4.78, 5) is 30.0. The van der Waals surface area contributed by atoms with Crippen LogP contribution in [0, 0.1) is 0 Å². The zero-order valence-corrected chi connectivity index (χ0v) is 12.1. The van der Waals surface area contributed by atoms with Gasteiger partial charge in [-0.2, -0.15) is 4.98 Å². The maximum absolute atomic E-state index is 12.0. The van der Waals surface area contributed by atoms with Crippen molar-refractivity contribution in [2.45, 2.75) is 26.2 Å². The number of nitrogens with zero attached hydrogens (tertiary/aromatic N) is 1. The van der Waals surface area contributed by atoms with E-state index in [1.165, 1.54) is 0 Å². The van der Waals surface area contributed by atoms with Gasteiger partial charge in [0.25, 0.3) is 5.91 Å². The first-order valence-electron chi connectivity index (χ1n) is 7.15. The number of hydrogen-bond acceptors (Lipinski definition) is 3. The molecule has 110 valence electrons. The fraction of sp³-hybridized carbons (Fsp3) is 0.312. The summed E-state index contributed by atoms with van der Waals surface area (Å²) in [7, 11) is 0. The van der Waals surface area contributed by atoms with Gasteiger partial charge in [-0.25, -0.2) is 4.79 Å². The van der Waals surface area contributed by atoms with E-state index < -0.39 is 5.69 Å². The zero-order valence-electron chi connectivity index (χ0n) is 12.1. The van der Waals surface area contributed by atoms with E-state index in [1.54, 1.807) is 6.07 Å². The molecule has 1 heterocycles. The Morgan fingerprint density at radius 2 is 2.00 bits per heavy atom. The summed E-state index contributed by atoms with van der Waals surface area (Å²) in [6.45, 7) is 2.71. The monoisotopic (exact) mass is 285 g/mol. The summed E-state index contributed by atoms with van der Waals surface area (Å²) in [6.07, 6.45) is 3.10. The first-order valence-corrected chi connectivity index (χ1v) is 7.15. The van der Waals surface area contributed by atoms with Crippen molar-refractivity contribution < 1.29 is 4.79 Å². The van der Waals surface area contributed by atoms with Crippen LogP contribution in [0.3, 0.4) is 0 Å². The molecule has 0 radical (unpaired) electrons. The molecule has 0 aliphatic carbocycles. The molecule has 0 fully saturated rings. The SMILES string of the molecule is CCCCCNC(=O)c1cc(-c2ccccc2)nc(=O)[nH]1. The molecule has 2 N–H and O–H groups in total. The lowest BCUT2D eigenvalue weighted by atomic mass is 10.1. The normalized spacial score (nSPS) is 10.3. The summed E-state index contributed by atoms with van der Waals surface area (Å²) < 4.78 is 0. The Hall–Kier alpha value is -2.43. The number of benzene rings is 1. The zero-order chi connectivity index (χ0) is 15.1. The summed E-state index contributed by atoms with van der Waals surface area (Å²) in [5.41, 5.74) is 1.03. The molecule has 21 heavy (non-hydrogen) atoms. The molecule has 2 aromatic rings. The maximum Gasteiger partial charge on any atom is 0.346 e. The molecule has 0 saturated carbocycles. The number of H-pyrrole nitrogens is 1. The van der Waals surface area contributed by atoms with Gasteiger partial charge >= 0.3 is 5.69 Å². The van der Waals surface area contributed by atoms with Crippen LogP contribution in [0.5, 0.6) is 0 Å². The fourth-order valence-corrected chi connectivity index (χ4v) is 2.01. The molecule has 1 aromatic carbocycles. The van der Waals surface area contributed by atoms with Crippen molar-refractivity contribution in [2.24, 2.45) is 0 Å². The Bertz CT molecular complexity index is 650. The van der Waals surface area contributed by atoms with Crippen LogP contribution in [-0.2, 0) is 0 Å². The van der Waals surface area contributed by atoms with Crippen molar-refractivity contribution in [2.75, 3.05) is 6.54 Å². The molecule has 0 saturated heterocycles. The number of hydrogen-bond donors (Lipinski definition) is 2. The minimum absolute atomic E-state index is 0.241. The minimum atomic E-state index is -0.518. The molecule has 0 unspecified atom stereocenters. The largest absolute Gasteiger partial charge is 0.351 e. The second-order valence-corrected chi connectivity index (χ2v) is 4.81. The van der Waals surface area contributed by atoms with Crippen LogP contribution in [-0.4, -0.2) is 22.4 Å². The van der Waals surface area contributed by atoms with Gasteiger partial charge in [-0.3, -0.25) is 4.79 Å². The molecule has 5 nitrogen and oxygen atoms in total. The van der Waals surface area contributed by atoms with Gasteiger partial charge in [0.1, 0.15) is 5.69 Å². The van der Waals surface area contributed by atoms with E-state index in [-0.39, 0.29) is 11.6 Å². The Morgan fingerprint density at radius 1 is 1.24 bits per heavy atom. The number of rotatable bonds is 6. The van der Waals surface area contributed by atoms with Gasteiger partial charge in [0, 0.05) is 12.1 Å². The third kappa shape index (κ3) is 4.27. The summed E-state index contributed by atoms with van der Waals surface area (Å²) in [5.74, 6) is -0.275. The van der Waals surface area contributed by atoms with Crippen molar-refractivity contribution in [1.82, 2.24) is 15.3 Å². The second-order valence-electron chi connectivity index (χ2n) is 4.81. The van der Waals surface area contributed by atoms with Gasteiger partial charge in [0.05, 0.1) is 5.69 Å². The number of carbonyl (C=O) groups excluding carboxylic acids is 1. The Labute approximate surface area is 123 Å². The van der Waals surface area contributed by atoms with Crippen molar-refractivity contribution in [3.8, 4) is 11.3 Å². The summed E-state index contributed by atoms with van der Waals surface area (Å²) in [6, 6.07) is 10.9. The molecule has 1 amide bonds. The second kappa shape index (κ2) is 7.38. The first kappa shape index (κ1) is 15.0. The topological polar surface area (TPSA) is 74.8 Å². The van der Waals surface area contributed by atoms with Crippen molar-refractivity contribution in [3.05, 3.63) is 52.6 Å². The van der Waals surface area contributed by atoms with Crippen LogP contribution < -0.4 is 11.0 Å². The van der Waals surface area contributed by atoms with Gasteiger partial charge in [-0.05, 0) is 12.5 Å². The number of carbonyl (C=O) groups is 1. The van der Waals surface area contributed by atoms with E-state index in [1.807, 2.05) is 30.3 Å². The molecule has 0 bridgehead atoms. The van der Waals surface area contributed by atoms with E-state index in [2.05, 4.69) is 22.2 Å². The van der Waals surface area contributed by atoms with Crippen LogP contribution in [0.1, 0.15) is 36.7 Å². The fourth-order valence-electron chi connectivity index (χ4n) is 2.01. The van der Waals surface area contributed by atoms with Gasteiger partial charge in [-0.15, -0.1) is 0 Å². The van der Waals surface area contributed by atoms with Gasteiger partial charge in [0.15, 0.2) is 0 Å². The van der Waals surface area contributed by atoms with Crippen molar-refractivity contribution in [3.63, 3.8) is 0 Å². The Morgan fingerprint density at radius 3 is 2.71 bits per heavy atom. The van der Waals surface area contributed by atoms with E-state index in [4.69, 9.17) is 0 Å². The highest BCUT2D eigenvalue weighted by Crippen LogP contribution is 2.15.